The van der Waals surface area contributed by atoms with Gasteiger partial charge in [0.15, 0.2) is 0 Å². The first-order chi connectivity index (χ1) is 11.1. The number of carbonyl (C=O) groups is 1. The monoisotopic (exact) mass is 328 g/mol. The molecule has 1 N–H and O–H groups in total. The summed E-state index contributed by atoms with van der Waals surface area (Å²) in [5, 5.41) is 9.20. The van der Waals surface area contributed by atoms with Crippen molar-refractivity contribution in [2.45, 2.75) is 60.8 Å². The van der Waals surface area contributed by atoms with E-state index in [1.807, 2.05) is 26.0 Å². The molecule has 0 bridgehead atoms. The third-order valence-corrected chi connectivity index (χ3v) is 5.91. The normalized spacial score (nSPS) is 29.5. The molecular weight excluding hydrogens is 296 g/mol. The number of hydrogen-bond donors (Lipinski definition) is 1. The number of carboxylic acids is 1. The molecule has 0 unspecified atom stereocenters. The summed E-state index contributed by atoms with van der Waals surface area (Å²) in [4.78, 5) is 11.2. The van der Waals surface area contributed by atoms with Crippen molar-refractivity contribution in [3.05, 3.63) is 47.1 Å². The lowest BCUT2D eigenvalue weighted by atomic mass is 9.72. The number of allylic oxidation sites excluding steroid dienone is 8. The molecule has 2 aliphatic carbocycles. The molecule has 0 aliphatic heterocycles. The van der Waals surface area contributed by atoms with E-state index in [9.17, 15) is 9.90 Å². The van der Waals surface area contributed by atoms with E-state index < -0.39 is 5.97 Å². The van der Waals surface area contributed by atoms with Crippen LogP contribution in [0.2, 0.25) is 0 Å². The minimum atomic E-state index is -0.683. The number of carboxylic acid groups (broad SMARTS) is 1. The van der Waals surface area contributed by atoms with Crippen molar-refractivity contribution in [1.82, 2.24) is 0 Å². The molecular formula is C22H32O2. The number of hydrogen-bond acceptors (Lipinski definition) is 1. The van der Waals surface area contributed by atoms with Gasteiger partial charge in [-0.15, -0.1) is 0 Å². The standard InChI is InChI=1S/C22H32O2/c1-15(9-7-11-18-19(20(23)24)22(18,5)6)12-13-17-16(2)10-8-14-21(17,3)4/h7,9,11-13,18-19H,8,10,14H2,1-6H3,(H,23,24)/b11-7+,13-12?,15-9?/t18-,19+/m0/s1. The van der Waals surface area contributed by atoms with E-state index in [1.165, 1.54) is 36.0 Å². The first-order valence-corrected chi connectivity index (χ1v) is 9.03. The van der Waals surface area contributed by atoms with Crippen LogP contribution in [-0.2, 0) is 4.79 Å². The van der Waals surface area contributed by atoms with Crippen molar-refractivity contribution in [1.29, 1.82) is 0 Å². The molecule has 0 heterocycles. The molecule has 0 spiro atoms. The van der Waals surface area contributed by atoms with Crippen LogP contribution in [-0.4, -0.2) is 11.1 Å². The summed E-state index contributed by atoms with van der Waals surface area (Å²) in [5.41, 5.74) is 4.32. The van der Waals surface area contributed by atoms with Crippen LogP contribution in [0, 0.1) is 22.7 Å². The zero-order valence-corrected chi connectivity index (χ0v) is 16.0. The fraction of sp³-hybridized carbons (Fsp3) is 0.591. The first kappa shape index (κ1) is 18.8. The molecule has 24 heavy (non-hydrogen) atoms. The van der Waals surface area contributed by atoms with Gasteiger partial charge in [0.2, 0.25) is 0 Å². The molecule has 1 fully saturated rings. The molecule has 0 radical (unpaired) electrons. The second-order valence-electron chi connectivity index (χ2n) is 8.72. The summed E-state index contributed by atoms with van der Waals surface area (Å²) in [6, 6.07) is 0. The van der Waals surface area contributed by atoms with E-state index in [0.29, 0.717) is 0 Å². The van der Waals surface area contributed by atoms with Crippen LogP contribution in [0.1, 0.15) is 60.8 Å². The highest BCUT2D eigenvalue weighted by Crippen LogP contribution is 2.59. The highest BCUT2D eigenvalue weighted by Gasteiger charge is 2.60. The molecule has 0 aromatic carbocycles. The maximum atomic E-state index is 11.2. The first-order valence-electron chi connectivity index (χ1n) is 9.03. The molecule has 2 rings (SSSR count). The molecule has 0 aromatic heterocycles. The molecule has 2 atom stereocenters. The summed E-state index contributed by atoms with van der Waals surface area (Å²) >= 11 is 0. The summed E-state index contributed by atoms with van der Waals surface area (Å²) in [5.74, 6) is -0.781. The maximum Gasteiger partial charge on any atom is 0.307 e. The van der Waals surface area contributed by atoms with Gasteiger partial charge in [-0.05, 0) is 55.4 Å². The SMILES string of the molecule is CC(C=CC1=C(C)CCCC1(C)C)=C/C=C/[C@H]1[C@H](C(=O)O)C1(C)C. The van der Waals surface area contributed by atoms with Gasteiger partial charge in [0.05, 0.1) is 5.92 Å². The van der Waals surface area contributed by atoms with Crippen molar-refractivity contribution >= 4 is 5.97 Å². The van der Waals surface area contributed by atoms with E-state index in [0.717, 1.165) is 0 Å². The third-order valence-electron chi connectivity index (χ3n) is 5.91. The third kappa shape index (κ3) is 3.91. The van der Waals surface area contributed by atoms with Gasteiger partial charge in [0.25, 0.3) is 0 Å². The minimum absolute atomic E-state index is 0.117. The smallest absolute Gasteiger partial charge is 0.307 e. The quantitative estimate of drug-likeness (QED) is 0.635. The van der Waals surface area contributed by atoms with Gasteiger partial charge in [-0.25, -0.2) is 0 Å². The molecule has 1 saturated carbocycles. The van der Waals surface area contributed by atoms with Crippen LogP contribution in [0.5, 0.6) is 0 Å². The van der Waals surface area contributed by atoms with Gasteiger partial charge in [0.1, 0.15) is 0 Å². The lowest BCUT2D eigenvalue weighted by molar-refractivity contribution is -0.139. The average Bonchev–Trinajstić information content (AvgIpc) is 2.99. The highest BCUT2D eigenvalue weighted by molar-refractivity contribution is 5.76. The lowest BCUT2D eigenvalue weighted by Gasteiger charge is -2.32. The zero-order chi connectivity index (χ0) is 18.1. The largest absolute Gasteiger partial charge is 0.481 e. The Kier molecular flexibility index (Phi) is 5.27. The van der Waals surface area contributed by atoms with Crippen molar-refractivity contribution in [3.8, 4) is 0 Å². The summed E-state index contributed by atoms with van der Waals surface area (Å²) < 4.78 is 0. The van der Waals surface area contributed by atoms with E-state index in [2.05, 4.69) is 45.9 Å². The average molecular weight is 328 g/mol. The topological polar surface area (TPSA) is 37.3 Å². The minimum Gasteiger partial charge on any atom is -0.481 e. The second-order valence-corrected chi connectivity index (χ2v) is 8.72. The number of aliphatic carboxylic acids is 1. The van der Waals surface area contributed by atoms with Crippen LogP contribution >= 0.6 is 0 Å². The molecule has 2 nitrogen and oxygen atoms in total. The predicted molar refractivity (Wildman–Crippen MR) is 101 cm³/mol. The van der Waals surface area contributed by atoms with Crippen molar-refractivity contribution in [2.24, 2.45) is 22.7 Å². The molecule has 2 heteroatoms. The van der Waals surface area contributed by atoms with Gasteiger partial charge in [-0.3, -0.25) is 4.79 Å². The summed E-state index contributed by atoms with van der Waals surface area (Å²) in [7, 11) is 0. The zero-order valence-electron chi connectivity index (χ0n) is 16.0. The molecule has 0 saturated heterocycles. The Morgan fingerprint density at radius 2 is 1.92 bits per heavy atom. The lowest BCUT2D eigenvalue weighted by Crippen LogP contribution is -2.19. The summed E-state index contributed by atoms with van der Waals surface area (Å²) in [6.45, 7) is 13.1. The molecule has 2 aliphatic rings. The van der Waals surface area contributed by atoms with Gasteiger partial charge < -0.3 is 5.11 Å². The van der Waals surface area contributed by atoms with Crippen molar-refractivity contribution in [3.63, 3.8) is 0 Å². The van der Waals surface area contributed by atoms with Gasteiger partial charge in [-0.1, -0.05) is 69.2 Å². The Hall–Kier alpha value is -1.57. The molecule has 132 valence electrons. The van der Waals surface area contributed by atoms with E-state index in [4.69, 9.17) is 0 Å². The molecule has 0 amide bonds. The van der Waals surface area contributed by atoms with E-state index >= 15 is 0 Å². The van der Waals surface area contributed by atoms with Crippen molar-refractivity contribution in [2.75, 3.05) is 0 Å². The van der Waals surface area contributed by atoms with Gasteiger partial charge >= 0.3 is 5.97 Å². The molecule has 0 aromatic rings. The predicted octanol–water partition coefficient (Wildman–Crippen LogP) is 5.93. The number of rotatable bonds is 5. The van der Waals surface area contributed by atoms with Gasteiger partial charge in [-0.2, -0.15) is 0 Å². The Bertz CT molecular complexity index is 626. The van der Waals surface area contributed by atoms with Crippen LogP contribution < -0.4 is 0 Å². The fourth-order valence-electron chi connectivity index (χ4n) is 4.12. The highest BCUT2D eigenvalue weighted by atomic mass is 16.4. The van der Waals surface area contributed by atoms with Crippen LogP contribution in [0.15, 0.2) is 47.1 Å². The maximum absolute atomic E-state index is 11.2. The second kappa shape index (κ2) is 6.74. The Balaban J connectivity index is 2.02. The summed E-state index contributed by atoms with van der Waals surface area (Å²) in [6.07, 6.45) is 14.3. The Labute approximate surface area is 147 Å². The van der Waals surface area contributed by atoms with Crippen LogP contribution in [0.3, 0.4) is 0 Å². The van der Waals surface area contributed by atoms with Gasteiger partial charge in [0, 0.05) is 0 Å². The van der Waals surface area contributed by atoms with Crippen LogP contribution in [0.4, 0.5) is 0 Å². The van der Waals surface area contributed by atoms with Crippen LogP contribution in [0.25, 0.3) is 0 Å². The van der Waals surface area contributed by atoms with Crippen molar-refractivity contribution < 1.29 is 9.90 Å². The Morgan fingerprint density at radius 1 is 1.25 bits per heavy atom. The Morgan fingerprint density at radius 3 is 2.46 bits per heavy atom. The van der Waals surface area contributed by atoms with E-state index in [-0.39, 0.29) is 22.7 Å². The fourth-order valence-corrected chi connectivity index (χ4v) is 4.12. The van der Waals surface area contributed by atoms with E-state index in [1.54, 1.807) is 0 Å².